The average Bonchev–Trinajstić information content (AvgIpc) is 2.76. The quantitative estimate of drug-likeness (QED) is 0.740. The molecule has 2 heteroatoms. The van der Waals surface area contributed by atoms with E-state index in [1.165, 1.54) is 38.6 Å². The molecule has 0 saturated heterocycles. The molecule has 0 aromatic rings. The smallest absolute Gasteiger partial charge is 0.0191 e. The van der Waals surface area contributed by atoms with Gasteiger partial charge in [-0.3, -0.25) is 4.90 Å². The minimum atomic E-state index is 0.336. The molecule has 0 aromatic carbocycles. The van der Waals surface area contributed by atoms with Gasteiger partial charge in [0.15, 0.2) is 0 Å². The second kappa shape index (κ2) is 7.38. The Kier molecular flexibility index (Phi) is 6.50. The maximum absolute atomic E-state index is 6.25. The summed E-state index contributed by atoms with van der Waals surface area (Å²) < 4.78 is 0. The van der Waals surface area contributed by atoms with Gasteiger partial charge in [-0.05, 0) is 37.6 Å². The highest BCUT2D eigenvalue weighted by atomic mass is 15.2. The van der Waals surface area contributed by atoms with Crippen LogP contribution in [0.15, 0.2) is 0 Å². The highest BCUT2D eigenvalue weighted by Gasteiger charge is 2.24. The molecule has 0 spiro atoms. The molecule has 0 aromatic heterocycles. The summed E-state index contributed by atoms with van der Waals surface area (Å²) in [5, 5.41) is 0. The molecule has 1 saturated carbocycles. The lowest BCUT2D eigenvalue weighted by atomic mass is 10.0. The van der Waals surface area contributed by atoms with Gasteiger partial charge in [-0.15, -0.1) is 0 Å². The summed E-state index contributed by atoms with van der Waals surface area (Å²) in [4.78, 5) is 2.68. The third-order valence-electron chi connectivity index (χ3n) is 4.14. The maximum Gasteiger partial charge on any atom is 0.0191 e. The second-order valence-corrected chi connectivity index (χ2v) is 6.52. The molecule has 1 aliphatic carbocycles. The van der Waals surface area contributed by atoms with Gasteiger partial charge in [0.2, 0.25) is 0 Å². The number of hydrogen-bond donors (Lipinski definition) is 1. The molecule has 1 rings (SSSR count). The van der Waals surface area contributed by atoms with Crippen molar-refractivity contribution >= 4 is 0 Å². The van der Waals surface area contributed by atoms with Gasteiger partial charge in [-0.1, -0.05) is 40.5 Å². The molecular formula is C15H32N2. The Morgan fingerprint density at radius 3 is 2.18 bits per heavy atom. The Morgan fingerprint density at radius 2 is 1.71 bits per heavy atom. The molecule has 0 amide bonds. The predicted octanol–water partition coefficient (Wildman–Crippen LogP) is 3.26. The summed E-state index contributed by atoms with van der Waals surface area (Å²) in [7, 11) is 0. The second-order valence-electron chi connectivity index (χ2n) is 6.52. The zero-order valence-electron chi connectivity index (χ0n) is 12.3. The van der Waals surface area contributed by atoms with Crippen molar-refractivity contribution in [2.75, 3.05) is 13.1 Å². The van der Waals surface area contributed by atoms with Crippen LogP contribution in [0, 0.1) is 11.8 Å². The Bertz CT molecular complexity index is 195. The molecular weight excluding hydrogens is 208 g/mol. The van der Waals surface area contributed by atoms with E-state index in [4.69, 9.17) is 5.73 Å². The fraction of sp³-hybridized carbons (Fsp3) is 1.00. The van der Waals surface area contributed by atoms with Crippen molar-refractivity contribution in [2.45, 2.75) is 71.9 Å². The highest BCUT2D eigenvalue weighted by Crippen LogP contribution is 2.24. The van der Waals surface area contributed by atoms with Crippen LogP contribution >= 0.6 is 0 Å². The van der Waals surface area contributed by atoms with E-state index in [2.05, 4.69) is 32.6 Å². The van der Waals surface area contributed by atoms with E-state index in [-0.39, 0.29) is 0 Å². The third-order valence-corrected chi connectivity index (χ3v) is 4.14. The zero-order valence-corrected chi connectivity index (χ0v) is 12.3. The van der Waals surface area contributed by atoms with Gasteiger partial charge in [0.05, 0.1) is 0 Å². The molecule has 0 heterocycles. The Balaban J connectivity index is 2.45. The lowest BCUT2D eigenvalue weighted by Crippen LogP contribution is -2.45. The Morgan fingerprint density at radius 1 is 1.12 bits per heavy atom. The van der Waals surface area contributed by atoms with Gasteiger partial charge >= 0.3 is 0 Å². The number of hydrogen-bond acceptors (Lipinski definition) is 2. The van der Waals surface area contributed by atoms with E-state index in [1.807, 2.05) is 0 Å². The maximum atomic E-state index is 6.25. The van der Waals surface area contributed by atoms with Gasteiger partial charge in [0.25, 0.3) is 0 Å². The molecule has 17 heavy (non-hydrogen) atoms. The Labute approximate surface area is 108 Å². The molecule has 1 atom stereocenters. The molecule has 102 valence electrons. The van der Waals surface area contributed by atoms with Gasteiger partial charge < -0.3 is 5.73 Å². The fourth-order valence-electron chi connectivity index (χ4n) is 2.60. The van der Waals surface area contributed by atoms with Crippen molar-refractivity contribution in [3.63, 3.8) is 0 Å². The first-order valence-corrected chi connectivity index (χ1v) is 7.50. The lowest BCUT2D eigenvalue weighted by molar-refractivity contribution is 0.166. The molecule has 0 aliphatic heterocycles. The molecule has 2 N–H and O–H groups in total. The summed E-state index contributed by atoms with van der Waals surface area (Å²) in [6, 6.07) is 1.15. The van der Waals surface area contributed by atoms with E-state index in [0.717, 1.165) is 18.5 Å². The summed E-state index contributed by atoms with van der Waals surface area (Å²) >= 11 is 0. The standard InChI is InChI=1S/C15H32N2/c1-12(2)9-10-17(11-15(16)13(3)4)14-7-5-6-8-14/h12-15H,5-11,16H2,1-4H3. The van der Waals surface area contributed by atoms with Crippen LogP contribution in [0.3, 0.4) is 0 Å². The topological polar surface area (TPSA) is 29.3 Å². The van der Waals surface area contributed by atoms with E-state index in [1.54, 1.807) is 0 Å². The third kappa shape index (κ3) is 5.39. The van der Waals surface area contributed by atoms with Crippen molar-refractivity contribution < 1.29 is 0 Å². The number of nitrogens with zero attached hydrogens (tertiary/aromatic N) is 1. The molecule has 2 nitrogen and oxygen atoms in total. The van der Waals surface area contributed by atoms with Gasteiger partial charge in [0.1, 0.15) is 0 Å². The van der Waals surface area contributed by atoms with Crippen LogP contribution in [0.1, 0.15) is 59.8 Å². The largest absolute Gasteiger partial charge is 0.326 e. The van der Waals surface area contributed by atoms with Crippen LogP contribution in [0.5, 0.6) is 0 Å². The number of nitrogens with two attached hydrogens (primary N) is 1. The van der Waals surface area contributed by atoms with E-state index >= 15 is 0 Å². The summed E-state index contributed by atoms with van der Waals surface area (Å²) in [5.41, 5.74) is 6.25. The fourth-order valence-corrected chi connectivity index (χ4v) is 2.60. The highest BCUT2D eigenvalue weighted by molar-refractivity contribution is 4.81. The molecule has 1 fully saturated rings. The Hall–Kier alpha value is -0.0800. The first-order valence-electron chi connectivity index (χ1n) is 7.50. The minimum absolute atomic E-state index is 0.336. The molecule has 1 unspecified atom stereocenters. The summed E-state index contributed by atoms with van der Waals surface area (Å²) in [5.74, 6) is 1.40. The first-order chi connectivity index (χ1) is 8.00. The zero-order chi connectivity index (χ0) is 12.8. The van der Waals surface area contributed by atoms with Crippen molar-refractivity contribution in [2.24, 2.45) is 17.6 Å². The van der Waals surface area contributed by atoms with E-state index < -0.39 is 0 Å². The van der Waals surface area contributed by atoms with Crippen LogP contribution in [-0.4, -0.2) is 30.1 Å². The average molecular weight is 240 g/mol. The van der Waals surface area contributed by atoms with Crippen molar-refractivity contribution in [1.82, 2.24) is 4.90 Å². The number of rotatable bonds is 7. The predicted molar refractivity (Wildman–Crippen MR) is 76.1 cm³/mol. The molecule has 1 aliphatic rings. The van der Waals surface area contributed by atoms with Crippen molar-refractivity contribution in [3.8, 4) is 0 Å². The van der Waals surface area contributed by atoms with Crippen LogP contribution in [0.25, 0.3) is 0 Å². The van der Waals surface area contributed by atoms with Crippen molar-refractivity contribution in [3.05, 3.63) is 0 Å². The SMILES string of the molecule is CC(C)CCN(CC(N)C(C)C)C1CCCC1. The van der Waals surface area contributed by atoms with Gasteiger partial charge in [-0.2, -0.15) is 0 Å². The molecule has 0 bridgehead atoms. The van der Waals surface area contributed by atoms with E-state index in [0.29, 0.717) is 12.0 Å². The monoisotopic (exact) mass is 240 g/mol. The lowest BCUT2D eigenvalue weighted by Gasteiger charge is -2.33. The van der Waals surface area contributed by atoms with Gasteiger partial charge in [0, 0.05) is 18.6 Å². The summed E-state index contributed by atoms with van der Waals surface area (Å²) in [6.45, 7) is 11.4. The normalized spacial score (nSPS) is 19.8. The van der Waals surface area contributed by atoms with Crippen LogP contribution in [0.4, 0.5) is 0 Å². The van der Waals surface area contributed by atoms with Gasteiger partial charge in [-0.25, -0.2) is 0 Å². The minimum Gasteiger partial charge on any atom is -0.326 e. The van der Waals surface area contributed by atoms with Crippen molar-refractivity contribution in [1.29, 1.82) is 0 Å². The van der Waals surface area contributed by atoms with Crippen LogP contribution in [0.2, 0.25) is 0 Å². The van der Waals surface area contributed by atoms with Crippen LogP contribution < -0.4 is 5.73 Å². The first kappa shape index (κ1) is 15.0. The summed E-state index contributed by atoms with van der Waals surface area (Å²) in [6.07, 6.45) is 6.92. The molecule has 0 radical (unpaired) electrons. The van der Waals surface area contributed by atoms with Crippen LogP contribution in [-0.2, 0) is 0 Å². The van der Waals surface area contributed by atoms with E-state index in [9.17, 15) is 0 Å².